The van der Waals surface area contributed by atoms with Crippen LogP contribution in [0.5, 0.6) is 0 Å². The van der Waals surface area contributed by atoms with Crippen LogP contribution in [-0.2, 0) is 4.79 Å². The number of carbonyl (C=O) groups excluding carboxylic acids is 1. The predicted molar refractivity (Wildman–Crippen MR) is 81.6 cm³/mol. The summed E-state index contributed by atoms with van der Waals surface area (Å²) >= 11 is 4.23. The molecule has 0 saturated carbocycles. The van der Waals surface area contributed by atoms with Gasteiger partial charge in [0.1, 0.15) is 0 Å². The Hall–Kier alpha value is -0.960. The molecule has 0 saturated heterocycles. The second-order valence-corrected chi connectivity index (χ2v) is 5.56. The molecule has 1 rings (SSSR count). The molecular weight excluding hydrogens is 242 g/mol. The number of carbonyl (C=O) groups is 1. The van der Waals surface area contributed by atoms with Crippen LogP contribution < -0.4 is 4.90 Å². The smallest absolute Gasteiger partial charge is 0.229 e. The van der Waals surface area contributed by atoms with Crippen LogP contribution in [-0.4, -0.2) is 18.2 Å². The minimum absolute atomic E-state index is 0.00894. The van der Waals surface area contributed by atoms with Crippen molar-refractivity contribution < 1.29 is 4.79 Å². The lowest BCUT2D eigenvalue weighted by Crippen LogP contribution is -2.35. The zero-order valence-electron chi connectivity index (χ0n) is 11.7. The van der Waals surface area contributed by atoms with E-state index in [1.807, 2.05) is 30.9 Å². The van der Waals surface area contributed by atoms with Crippen molar-refractivity contribution in [2.45, 2.75) is 33.6 Å². The van der Waals surface area contributed by atoms with E-state index in [1.165, 1.54) is 5.56 Å². The summed E-state index contributed by atoms with van der Waals surface area (Å²) in [5.74, 6) is 1.35. The molecule has 0 radical (unpaired) electrons. The van der Waals surface area contributed by atoms with E-state index in [-0.39, 0.29) is 11.8 Å². The van der Waals surface area contributed by atoms with Gasteiger partial charge in [0.25, 0.3) is 0 Å². The maximum Gasteiger partial charge on any atom is 0.229 e. The van der Waals surface area contributed by atoms with Gasteiger partial charge in [-0.25, -0.2) is 0 Å². The van der Waals surface area contributed by atoms with Crippen molar-refractivity contribution in [2.24, 2.45) is 5.92 Å². The molecule has 0 heterocycles. The lowest BCUT2D eigenvalue weighted by molar-refractivity contribution is -0.121. The number of benzene rings is 1. The van der Waals surface area contributed by atoms with E-state index in [0.717, 1.165) is 5.69 Å². The van der Waals surface area contributed by atoms with E-state index in [0.29, 0.717) is 18.2 Å². The maximum atomic E-state index is 12.1. The molecule has 0 aromatic heterocycles. The summed E-state index contributed by atoms with van der Waals surface area (Å²) in [6.45, 7) is 8.84. The third-order valence-electron chi connectivity index (χ3n) is 2.95. The topological polar surface area (TPSA) is 20.3 Å². The van der Waals surface area contributed by atoms with E-state index >= 15 is 0 Å². The zero-order chi connectivity index (χ0) is 13.7. The van der Waals surface area contributed by atoms with Crippen molar-refractivity contribution in [1.29, 1.82) is 0 Å². The van der Waals surface area contributed by atoms with Crippen molar-refractivity contribution >= 4 is 24.2 Å². The number of anilines is 1. The summed E-state index contributed by atoms with van der Waals surface area (Å²) in [5.41, 5.74) is 2.26. The number of amides is 1. The first-order valence-corrected chi connectivity index (χ1v) is 7.12. The quantitative estimate of drug-likeness (QED) is 0.804. The lowest BCUT2D eigenvalue weighted by atomic mass is 10.0. The number of hydrogen-bond acceptors (Lipinski definition) is 2. The van der Waals surface area contributed by atoms with Gasteiger partial charge >= 0.3 is 0 Å². The van der Waals surface area contributed by atoms with E-state index in [1.54, 1.807) is 0 Å². The lowest BCUT2D eigenvalue weighted by Gasteiger charge is -2.24. The number of thiol groups is 1. The van der Waals surface area contributed by atoms with Crippen LogP contribution in [0.1, 0.15) is 39.2 Å². The Morgan fingerprint density at radius 1 is 1.17 bits per heavy atom. The Morgan fingerprint density at radius 3 is 2.11 bits per heavy atom. The largest absolute Gasteiger partial charge is 0.311 e. The van der Waals surface area contributed by atoms with Crippen molar-refractivity contribution in [3.8, 4) is 0 Å². The van der Waals surface area contributed by atoms with Crippen LogP contribution in [0.2, 0.25) is 0 Å². The van der Waals surface area contributed by atoms with E-state index in [9.17, 15) is 4.79 Å². The predicted octanol–water partition coefficient (Wildman–Crippen LogP) is 3.73. The van der Waals surface area contributed by atoms with Crippen LogP contribution in [0.3, 0.4) is 0 Å². The van der Waals surface area contributed by atoms with Gasteiger partial charge in [-0.05, 0) is 23.6 Å². The molecule has 2 nitrogen and oxygen atoms in total. The highest BCUT2D eigenvalue weighted by molar-refractivity contribution is 7.80. The van der Waals surface area contributed by atoms with Crippen molar-refractivity contribution in [3.05, 3.63) is 29.8 Å². The molecule has 1 aromatic carbocycles. The summed E-state index contributed by atoms with van der Waals surface area (Å²) < 4.78 is 0. The highest BCUT2D eigenvalue weighted by Gasteiger charge is 2.18. The SMILES string of the molecule is CC(C)C(=O)N(CCS)c1ccc(C(C)C)cc1. The highest BCUT2D eigenvalue weighted by Crippen LogP contribution is 2.21. The third kappa shape index (κ3) is 3.77. The third-order valence-corrected chi connectivity index (χ3v) is 3.15. The fourth-order valence-corrected chi connectivity index (χ4v) is 2.02. The van der Waals surface area contributed by atoms with E-state index in [4.69, 9.17) is 0 Å². The second kappa shape index (κ2) is 6.83. The Bertz CT molecular complexity index is 384. The molecule has 0 fully saturated rings. The molecule has 0 unspecified atom stereocenters. The van der Waals surface area contributed by atoms with Gasteiger partial charge in [0.15, 0.2) is 0 Å². The standard InChI is InChI=1S/C15H23NOS/c1-11(2)13-5-7-14(8-6-13)16(9-10-18)15(17)12(3)4/h5-8,11-12,18H,9-10H2,1-4H3. The van der Waals surface area contributed by atoms with Crippen LogP contribution in [0.25, 0.3) is 0 Å². The Kier molecular flexibility index (Phi) is 5.73. The Morgan fingerprint density at radius 2 is 1.72 bits per heavy atom. The van der Waals surface area contributed by atoms with Gasteiger partial charge < -0.3 is 4.90 Å². The molecule has 0 spiro atoms. The minimum atomic E-state index is 0.00894. The summed E-state index contributed by atoms with van der Waals surface area (Å²) in [5, 5.41) is 0. The minimum Gasteiger partial charge on any atom is -0.311 e. The van der Waals surface area contributed by atoms with Crippen molar-refractivity contribution in [3.63, 3.8) is 0 Å². The molecule has 1 aromatic rings. The highest BCUT2D eigenvalue weighted by atomic mass is 32.1. The molecule has 0 bridgehead atoms. The van der Waals surface area contributed by atoms with Gasteiger partial charge in [-0.2, -0.15) is 12.6 Å². The van der Waals surface area contributed by atoms with E-state index < -0.39 is 0 Å². The van der Waals surface area contributed by atoms with Crippen LogP contribution in [0, 0.1) is 5.92 Å². The maximum absolute atomic E-state index is 12.1. The summed E-state index contributed by atoms with van der Waals surface area (Å²) in [6.07, 6.45) is 0. The first-order chi connectivity index (χ1) is 8.47. The van der Waals surface area contributed by atoms with Crippen molar-refractivity contribution in [2.75, 3.05) is 17.2 Å². The van der Waals surface area contributed by atoms with E-state index in [2.05, 4.69) is 38.6 Å². The van der Waals surface area contributed by atoms with Gasteiger partial charge in [-0.3, -0.25) is 4.79 Å². The van der Waals surface area contributed by atoms with Crippen molar-refractivity contribution in [1.82, 2.24) is 0 Å². The van der Waals surface area contributed by atoms with Gasteiger partial charge in [0, 0.05) is 23.9 Å². The molecule has 0 N–H and O–H groups in total. The molecular formula is C15H23NOS. The average molecular weight is 265 g/mol. The fraction of sp³-hybridized carbons (Fsp3) is 0.533. The number of rotatable bonds is 5. The average Bonchev–Trinajstić information content (AvgIpc) is 2.35. The zero-order valence-corrected chi connectivity index (χ0v) is 12.6. The van der Waals surface area contributed by atoms with Crippen LogP contribution in [0.15, 0.2) is 24.3 Å². The second-order valence-electron chi connectivity index (χ2n) is 5.11. The first kappa shape index (κ1) is 15.1. The molecule has 18 heavy (non-hydrogen) atoms. The molecule has 0 aliphatic rings. The summed E-state index contributed by atoms with van der Waals surface area (Å²) in [7, 11) is 0. The first-order valence-electron chi connectivity index (χ1n) is 6.49. The molecule has 1 amide bonds. The number of nitrogens with zero attached hydrogens (tertiary/aromatic N) is 1. The number of hydrogen-bond donors (Lipinski definition) is 1. The van der Waals surface area contributed by atoms with Gasteiger partial charge in [0.2, 0.25) is 5.91 Å². The molecule has 3 heteroatoms. The molecule has 100 valence electrons. The van der Waals surface area contributed by atoms with Gasteiger partial charge in [0.05, 0.1) is 0 Å². The Balaban J connectivity index is 2.95. The molecule has 0 aliphatic heterocycles. The molecule has 0 atom stereocenters. The van der Waals surface area contributed by atoms with Gasteiger partial charge in [-0.1, -0.05) is 39.8 Å². The summed E-state index contributed by atoms with van der Waals surface area (Å²) in [4.78, 5) is 14.0. The summed E-state index contributed by atoms with van der Waals surface area (Å²) in [6, 6.07) is 8.25. The van der Waals surface area contributed by atoms with Gasteiger partial charge in [-0.15, -0.1) is 0 Å². The molecule has 0 aliphatic carbocycles. The monoisotopic (exact) mass is 265 g/mol. The Labute approximate surface area is 116 Å². The normalized spacial score (nSPS) is 11.1. The fourth-order valence-electron chi connectivity index (χ4n) is 1.82. The van der Waals surface area contributed by atoms with Crippen LogP contribution in [0.4, 0.5) is 5.69 Å². The van der Waals surface area contributed by atoms with Crippen LogP contribution >= 0.6 is 12.6 Å².